The molecule has 0 atom stereocenters. The van der Waals surface area contributed by atoms with E-state index in [0.29, 0.717) is 12.3 Å². The number of ether oxygens (including phenoxy) is 1. The number of nitrogens with one attached hydrogen (secondary N) is 1. The van der Waals surface area contributed by atoms with E-state index >= 15 is 0 Å². The van der Waals surface area contributed by atoms with E-state index < -0.39 is 0 Å². The predicted molar refractivity (Wildman–Crippen MR) is 68.3 cm³/mol. The largest absolute Gasteiger partial charge is 0.504 e. The molecule has 1 aromatic carbocycles. The van der Waals surface area contributed by atoms with Gasteiger partial charge < -0.3 is 15.2 Å². The quantitative estimate of drug-likeness (QED) is 0.824. The number of benzene rings is 1. The lowest BCUT2D eigenvalue weighted by atomic mass is 10.1. The van der Waals surface area contributed by atoms with Crippen molar-refractivity contribution in [2.75, 3.05) is 13.7 Å². The van der Waals surface area contributed by atoms with Gasteiger partial charge in [-0.3, -0.25) is 0 Å². The van der Waals surface area contributed by atoms with E-state index in [0.717, 1.165) is 18.0 Å². The van der Waals surface area contributed by atoms with Crippen molar-refractivity contribution in [3.8, 4) is 11.5 Å². The fourth-order valence-electron chi connectivity index (χ4n) is 2.50. The van der Waals surface area contributed by atoms with Crippen LogP contribution in [-0.4, -0.2) is 18.8 Å². The zero-order valence-corrected chi connectivity index (χ0v) is 10.4. The van der Waals surface area contributed by atoms with E-state index in [1.807, 2.05) is 12.1 Å². The third-order valence-corrected chi connectivity index (χ3v) is 3.53. The van der Waals surface area contributed by atoms with E-state index in [1.165, 1.54) is 25.7 Å². The molecule has 0 aromatic heterocycles. The highest BCUT2D eigenvalue weighted by molar-refractivity contribution is 5.45. The summed E-state index contributed by atoms with van der Waals surface area (Å²) in [7, 11) is 1.57. The third kappa shape index (κ3) is 3.13. The Kier molecular flexibility index (Phi) is 4.26. The number of aromatic hydroxyl groups is 1. The minimum Gasteiger partial charge on any atom is -0.504 e. The number of para-hydroxylation sites is 1. The van der Waals surface area contributed by atoms with Crippen molar-refractivity contribution in [1.82, 2.24) is 5.32 Å². The molecule has 1 aliphatic rings. The fraction of sp³-hybridized carbons (Fsp3) is 0.571. The molecular formula is C14H21NO2. The monoisotopic (exact) mass is 235 g/mol. The topological polar surface area (TPSA) is 41.5 Å². The van der Waals surface area contributed by atoms with Gasteiger partial charge in [0.05, 0.1) is 7.11 Å². The van der Waals surface area contributed by atoms with Crippen LogP contribution in [-0.2, 0) is 6.54 Å². The molecule has 0 heterocycles. The summed E-state index contributed by atoms with van der Waals surface area (Å²) >= 11 is 0. The van der Waals surface area contributed by atoms with Crippen LogP contribution >= 0.6 is 0 Å². The number of methoxy groups -OCH3 is 1. The molecular weight excluding hydrogens is 214 g/mol. The van der Waals surface area contributed by atoms with Crippen molar-refractivity contribution in [2.24, 2.45) is 5.92 Å². The molecule has 94 valence electrons. The van der Waals surface area contributed by atoms with Gasteiger partial charge in [0.2, 0.25) is 0 Å². The lowest BCUT2D eigenvalue weighted by Gasteiger charge is -2.12. The molecule has 1 fully saturated rings. The van der Waals surface area contributed by atoms with Crippen LogP contribution in [0, 0.1) is 5.92 Å². The van der Waals surface area contributed by atoms with Crippen molar-refractivity contribution in [1.29, 1.82) is 0 Å². The average molecular weight is 235 g/mol. The summed E-state index contributed by atoms with van der Waals surface area (Å²) in [5, 5.41) is 13.3. The molecule has 0 amide bonds. The molecule has 1 aromatic rings. The zero-order valence-electron chi connectivity index (χ0n) is 10.4. The van der Waals surface area contributed by atoms with Gasteiger partial charge >= 0.3 is 0 Å². The van der Waals surface area contributed by atoms with Crippen LogP contribution in [0.25, 0.3) is 0 Å². The Labute approximate surface area is 103 Å². The highest BCUT2D eigenvalue weighted by Crippen LogP contribution is 2.29. The number of phenolic OH excluding ortho intramolecular Hbond substituents is 1. The van der Waals surface area contributed by atoms with Gasteiger partial charge in [-0.25, -0.2) is 0 Å². The highest BCUT2D eigenvalue weighted by atomic mass is 16.5. The van der Waals surface area contributed by atoms with Gasteiger partial charge in [0.25, 0.3) is 0 Å². The number of rotatable bonds is 5. The van der Waals surface area contributed by atoms with Crippen molar-refractivity contribution in [2.45, 2.75) is 32.2 Å². The van der Waals surface area contributed by atoms with Gasteiger partial charge in [-0.1, -0.05) is 25.0 Å². The molecule has 0 bridgehead atoms. The third-order valence-electron chi connectivity index (χ3n) is 3.53. The van der Waals surface area contributed by atoms with Crippen molar-refractivity contribution in [3.05, 3.63) is 23.8 Å². The van der Waals surface area contributed by atoms with E-state index in [-0.39, 0.29) is 5.75 Å². The van der Waals surface area contributed by atoms with Gasteiger partial charge in [-0.05, 0) is 31.4 Å². The molecule has 0 radical (unpaired) electrons. The first-order valence-electron chi connectivity index (χ1n) is 6.37. The molecule has 0 unspecified atom stereocenters. The second-order valence-electron chi connectivity index (χ2n) is 4.75. The standard InChI is InChI=1S/C14H21NO2/c1-17-13-8-4-7-12(14(13)16)10-15-9-11-5-2-3-6-11/h4,7-8,11,15-16H,2-3,5-6,9-10H2,1H3. The van der Waals surface area contributed by atoms with Crippen molar-refractivity contribution >= 4 is 0 Å². The van der Waals surface area contributed by atoms with E-state index in [2.05, 4.69) is 5.32 Å². The normalized spacial score (nSPS) is 16.3. The van der Waals surface area contributed by atoms with Crippen LogP contribution in [0.15, 0.2) is 18.2 Å². The van der Waals surface area contributed by atoms with Gasteiger partial charge in [-0.15, -0.1) is 0 Å². The first kappa shape index (κ1) is 12.2. The molecule has 1 aliphatic carbocycles. The smallest absolute Gasteiger partial charge is 0.162 e. The predicted octanol–water partition coefficient (Wildman–Crippen LogP) is 2.68. The highest BCUT2D eigenvalue weighted by Gasteiger charge is 2.14. The Morgan fingerprint density at radius 1 is 1.35 bits per heavy atom. The number of hydrogen-bond donors (Lipinski definition) is 2. The second-order valence-corrected chi connectivity index (χ2v) is 4.75. The van der Waals surface area contributed by atoms with Crippen LogP contribution in [0.2, 0.25) is 0 Å². The minimum atomic E-state index is 0.258. The van der Waals surface area contributed by atoms with Crippen molar-refractivity contribution in [3.63, 3.8) is 0 Å². The summed E-state index contributed by atoms with van der Waals surface area (Å²) in [5.74, 6) is 1.63. The van der Waals surface area contributed by atoms with Gasteiger partial charge in [0, 0.05) is 12.1 Å². The molecule has 0 saturated heterocycles. The first-order valence-corrected chi connectivity index (χ1v) is 6.37. The Morgan fingerprint density at radius 3 is 2.82 bits per heavy atom. The molecule has 17 heavy (non-hydrogen) atoms. The average Bonchev–Trinajstić information content (AvgIpc) is 2.84. The Balaban J connectivity index is 1.85. The second kappa shape index (κ2) is 5.92. The molecule has 2 N–H and O–H groups in total. The lowest BCUT2D eigenvalue weighted by Crippen LogP contribution is -2.20. The Morgan fingerprint density at radius 2 is 2.12 bits per heavy atom. The molecule has 0 spiro atoms. The maximum absolute atomic E-state index is 9.92. The summed E-state index contributed by atoms with van der Waals surface area (Å²) in [6, 6.07) is 5.61. The Hall–Kier alpha value is -1.22. The minimum absolute atomic E-state index is 0.258. The van der Waals surface area contributed by atoms with Gasteiger partial charge in [-0.2, -0.15) is 0 Å². The summed E-state index contributed by atoms with van der Waals surface area (Å²) in [6.07, 6.45) is 5.43. The zero-order chi connectivity index (χ0) is 12.1. The van der Waals surface area contributed by atoms with Crippen LogP contribution in [0.3, 0.4) is 0 Å². The molecule has 1 saturated carbocycles. The summed E-state index contributed by atoms with van der Waals surface area (Å²) in [5.41, 5.74) is 0.905. The van der Waals surface area contributed by atoms with Crippen LogP contribution in [0.1, 0.15) is 31.2 Å². The molecule has 0 aliphatic heterocycles. The summed E-state index contributed by atoms with van der Waals surface area (Å²) < 4.78 is 5.09. The number of hydrogen-bond acceptors (Lipinski definition) is 3. The summed E-state index contributed by atoms with van der Waals surface area (Å²) in [4.78, 5) is 0. The van der Waals surface area contributed by atoms with Gasteiger partial charge in [0.15, 0.2) is 11.5 Å². The maximum atomic E-state index is 9.92. The van der Waals surface area contributed by atoms with Crippen LogP contribution in [0.5, 0.6) is 11.5 Å². The fourth-order valence-corrected chi connectivity index (χ4v) is 2.50. The number of phenols is 1. The molecule has 3 nitrogen and oxygen atoms in total. The van der Waals surface area contributed by atoms with Crippen LogP contribution < -0.4 is 10.1 Å². The summed E-state index contributed by atoms with van der Waals surface area (Å²) in [6.45, 7) is 1.76. The lowest BCUT2D eigenvalue weighted by molar-refractivity contribution is 0.369. The van der Waals surface area contributed by atoms with E-state index in [4.69, 9.17) is 4.74 Å². The van der Waals surface area contributed by atoms with E-state index in [9.17, 15) is 5.11 Å². The maximum Gasteiger partial charge on any atom is 0.162 e. The van der Waals surface area contributed by atoms with Crippen molar-refractivity contribution < 1.29 is 9.84 Å². The molecule has 3 heteroatoms. The van der Waals surface area contributed by atoms with Gasteiger partial charge in [0.1, 0.15) is 0 Å². The molecule has 2 rings (SSSR count). The van der Waals surface area contributed by atoms with Crippen LogP contribution in [0.4, 0.5) is 0 Å². The van der Waals surface area contributed by atoms with E-state index in [1.54, 1.807) is 13.2 Å². The Bertz CT molecular complexity index is 359. The first-order chi connectivity index (χ1) is 8.31. The SMILES string of the molecule is COc1cccc(CNCC2CCCC2)c1O.